The zero-order chi connectivity index (χ0) is 15.9. The van der Waals surface area contributed by atoms with Gasteiger partial charge in [0.25, 0.3) is 5.91 Å². The van der Waals surface area contributed by atoms with Gasteiger partial charge in [-0.25, -0.2) is 0 Å². The molecule has 1 unspecified atom stereocenters. The average Bonchev–Trinajstić information content (AvgIpc) is 2.54. The lowest BCUT2D eigenvalue weighted by molar-refractivity contribution is -0.142. The molecule has 0 bridgehead atoms. The minimum atomic E-state index is -0.513. The molecule has 2 rings (SSSR count). The van der Waals surface area contributed by atoms with Gasteiger partial charge >= 0.3 is 0 Å². The molecule has 5 nitrogen and oxygen atoms in total. The summed E-state index contributed by atoms with van der Waals surface area (Å²) in [5, 5.41) is 0. The predicted octanol–water partition coefficient (Wildman–Crippen LogP) is 1.83. The van der Waals surface area contributed by atoms with Crippen LogP contribution in [0.1, 0.15) is 25.8 Å². The van der Waals surface area contributed by atoms with Gasteiger partial charge in [0, 0.05) is 19.5 Å². The number of carbonyl (C=O) groups excluding carboxylic acids is 2. The number of ketones is 1. The van der Waals surface area contributed by atoms with E-state index in [1.54, 1.807) is 18.7 Å². The minimum Gasteiger partial charge on any atom is -0.481 e. The quantitative estimate of drug-likeness (QED) is 0.804. The van der Waals surface area contributed by atoms with Gasteiger partial charge < -0.3 is 19.2 Å². The molecule has 1 aliphatic rings. The maximum Gasteiger partial charge on any atom is 0.263 e. The highest BCUT2D eigenvalue weighted by Crippen LogP contribution is 2.16. The van der Waals surface area contributed by atoms with Gasteiger partial charge in [-0.3, -0.25) is 4.79 Å². The number of Topliss-reactive ketones (excluding diaryl/α,β-unsaturated/α-hetero) is 1. The number of morpholine rings is 1. The summed E-state index contributed by atoms with van der Waals surface area (Å²) >= 11 is 0. The Hall–Kier alpha value is -1.88. The first-order chi connectivity index (χ1) is 10.6. The zero-order valence-corrected chi connectivity index (χ0v) is 13.2. The van der Waals surface area contributed by atoms with Crippen molar-refractivity contribution in [2.24, 2.45) is 0 Å². The summed E-state index contributed by atoms with van der Waals surface area (Å²) < 4.78 is 11.0. The maximum atomic E-state index is 12.3. The first-order valence-electron chi connectivity index (χ1n) is 7.68. The molecule has 0 aliphatic carbocycles. The summed E-state index contributed by atoms with van der Waals surface area (Å²) in [6, 6.07) is 7.56. The van der Waals surface area contributed by atoms with Crippen LogP contribution >= 0.6 is 0 Å². The lowest BCUT2D eigenvalue weighted by atomic mass is 10.1. The number of ether oxygens (including phenoxy) is 2. The van der Waals surface area contributed by atoms with E-state index in [9.17, 15) is 9.59 Å². The summed E-state index contributed by atoms with van der Waals surface area (Å²) in [6.45, 7) is 5.78. The Kier molecular flexibility index (Phi) is 5.95. The molecule has 1 saturated heterocycles. The van der Waals surface area contributed by atoms with E-state index in [0.29, 0.717) is 38.5 Å². The molecular formula is C17H23NO4. The van der Waals surface area contributed by atoms with Gasteiger partial charge in [-0.1, -0.05) is 12.1 Å². The monoisotopic (exact) mass is 305 g/mol. The maximum absolute atomic E-state index is 12.3. The number of amides is 1. The zero-order valence-electron chi connectivity index (χ0n) is 13.2. The molecule has 0 saturated carbocycles. The van der Waals surface area contributed by atoms with E-state index in [-0.39, 0.29) is 11.7 Å². The second kappa shape index (κ2) is 7.94. The van der Waals surface area contributed by atoms with Crippen molar-refractivity contribution in [2.75, 3.05) is 26.3 Å². The molecule has 1 aromatic rings. The molecule has 0 N–H and O–H groups in total. The lowest BCUT2D eigenvalue weighted by Gasteiger charge is -2.29. The molecule has 5 heteroatoms. The molecule has 120 valence electrons. The fraction of sp³-hybridized carbons (Fsp3) is 0.529. The smallest absolute Gasteiger partial charge is 0.263 e. The Bertz CT molecular complexity index is 506. The van der Waals surface area contributed by atoms with E-state index in [1.807, 2.05) is 24.3 Å². The van der Waals surface area contributed by atoms with E-state index >= 15 is 0 Å². The normalized spacial score (nSPS) is 16.2. The number of carbonyl (C=O) groups is 2. The Labute approximate surface area is 131 Å². The van der Waals surface area contributed by atoms with Gasteiger partial charge in [0.2, 0.25) is 0 Å². The number of hydrogen-bond donors (Lipinski definition) is 0. The van der Waals surface area contributed by atoms with Crippen LogP contribution in [-0.4, -0.2) is 49.0 Å². The largest absolute Gasteiger partial charge is 0.481 e. The molecule has 1 heterocycles. The summed E-state index contributed by atoms with van der Waals surface area (Å²) in [5.74, 6) is 0.842. The van der Waals surface area contributed by atoms with Crippen molar-refractivity contribution in [1.29, 1.82) is 0 Å². The second-order valence-corrected chi connectivity index (χ2v) is 5.54. The summed E-state index contributed by atoms with van der Waals surface area (Å²) in [4.78, 5) is 25.0. The van der Waals surface area contributed by atoms with Crippen LogP contribution in [0, 0.1) is 0 Å². The lowest BCUT2D eigenvalue weighted by Crippen LogP contribution is -2.46. The Morgan fingerprint density at radius 2 is 1.86 bits per heavy atom. The third-order valence-corrected chi connectivity index (χ3v) is 3.67. The Morgan fingerprint density at radius 3 is 2.45 bits per heavy atom. The van der Waals surface area contributed by atoms with Gasteiger partial charge in [0.15, 0.2) is 6.10 Å². The molecule has 1 aliphatic heterocycles. The average molecular weight is 305 g/mol. The first kappa shape index (κ1) is 16.5. The van der Waals surface area contributed by atoms with Crippen LogP contribution in [0.4, 0.5) is 0 Å². The van der Waals surface area contributed by atoms with Crippen LogP contribution in [0.2, 0.25) is 0 Å². The second-order valence-electron chi connectivity index (χ2n) is 5.54. The van der Waals surface area contributed by atoms with Crippen LogP contribution in [0.3, 0.4) is 0 Å². The summed E-state index contributed by atoms with van der Waals surface area (Å²) in [6.07, 6.45) is 0.769. The van der Waals surface area contributed by atoms with Crippen molar-refractivity contribution in [3.05, 3.63) is 29.8 Å². The molecule has 0 spiro atoms. The van der Waals surface area contributed by atoms with E-state index < -0.39 is 6.10 Å². The minimum absolute atomic E-state index is 0.0102. The van der Waals surface area contributed by atoms with Crippen molar-refractivity contribution >= 4 is 11.7 Å². The third-order valence-electron chi connectivity index (χ3n) is 3.67. The van der Waals surface area contributed by atoms with Crippen molar-refractivity contribution in [3.63, 3.8) is 0 Å². The van der Waals surface area contributed by atoms with Crippen molar-refractivity contribution in [1.82, 2.24) is 4.90 Å². The van der Waals surface area contributed by atoms with E-state index in [2.05, 4.69) is 0 Å². The molecule has 1 atom stereocenters. The van der Waals surface area contributed by atoms with Crippen molar-refractivity contribution in [3.8, 4) is 5.75 Å². The molecule has 0 aromatic heterocycles. The van der Waals surface area contributed by atoms with E-state index in [1.165, 1.54) is 0 Å². The highest BCUT2D eigenvalue weighted by molar-refractivity contribution is 5.81. The van der Waals surface area contributed by atoms with Crippen LogP contribution in [0.25, 0.3) is 0 Å². The summed E-state index contributed by atoms with van der Waals surface area (Å²) in [7, 11) is 0. The third kappa shape index (κ3) is 4.84. The SMILES string of the molecule is CC(=O)CCc1ccc(OC(C)C(=O)N2CCOCC2)cc1. The standard InChI is InChI=1S/C17H23NO4/c1-13(19)3-4-15-5-7-16(8-6-15)22-14(2)17(20)18-9-11-21-12-10-18/h5-8,14H,3-4,9-12H2,1-2H3. The molecule has 0 radical (unpaired) electrons. The fourth-order valence-electron chi connectivity index (χ4n) is 2.35. The molecule has 1 fully saturated rings. The van der Waals surface area contributed by atoms with Crippen molar-refractivity contribution < 1.29 is 19.1 Å². The highest BCUT2D eigenvalue weighted by Gasteiger charge is 2.23. The topological polar surface area (TPSA) is 55.8 Å². The van der Waals surface area contributed by atoms with E-state index in [0.717, 1.165) is 12.0 Å². The predicted molar refractivity (Wildman–Crippen MR) is 82.9 cm³/mol. The molecular weight excluding hydrogens is 282 g/mol. The van der Waals surface area contributed by atoms with Crippen LogP contribution in [-0.2, 0) is 20.7 Å². The van der Waals surface area contributed by atoms with Crippen LogP contribution < -0.4 is 4.74 Å². The van der Waals surface area contributed by atoms with Crippen LogP contribution in [0.15, 0.2) is 24.3 Å². The Morgan fingerprint density at radius 1 is 1.23 bits per heavy atom. The molecule has 1 amide bonds. The Balaban J connectivity index is 1.86. The number of benzene rings is 1. The number of nitrogens with zero attached hydrogens (tertiary/aromatic N) is 1. The molecule has 1 aromatic carbocycles. The first-order valence-corrected chi connectivity index (χ1v) is 7.68. The van der Waals surface area contributed by atoms with Gasteiger partial charge in [-0.05, 0) is 38.0 Å². The molecule has 22 heavy (non-hydrogen) atoms. The number of rotatable bonds is 6. The fourth-order valence-corrected chi connectivity index (χ4v) is 2.35. The highest BCUT2D eigenvalue weighted by atomic mass is 16.5. The van der Waals surface area contributed by atoms with E-state index in [4.69, 9.17) is 9.47 Å². The summed E-state index contributed by atoms with van der Waals surface area (Å²) in [5.41, 5.74) is 1.09. The van der Waals surface area contributed by atoms with Crippen molar-refractivity contribution in [2.45, 2.75) is 32.8 Å². The van der Waals surface area contributed by atoms with Gasteiger partial charge in [0.1, 0.15) is 11.5 Å². The van der Waals surface area contributed by atoms with Crippen LogP contribution in [0.5, 0.6) is 5.75 Å². The van der Waals surface area contributed by atoms with Gasteiger partial charge in [-0.15, -0.1) is 0 Å². The van der Waals surface area contributed by atoms with Gasteiger partial charge in [-0.2, -0.15) is 0 Å². The number of hydrogen-bond acceptors (Lipinski definition) is 4. The number of aryl methyl sites for hydroxylation is 1. The van der Waals surface area contributed by atoms with Gasteiger partial charge in [0.05, 0.1) is 13.2 Å².